The summed E-state index contributed by atoms with van der Waals surface area (Å²) >= 11 is 12.1. The van der Waals surface area contributed by atoms with E-state index in [1.807, 2.05) is 18.2 Å². The normalized spacial score (nSPS) is 13.1. The molecule has 0 aromatic heterocycles. The fraction of sp³-hybridized carbons (Fsp3) is 0.538. The summed E-state index contributed by atoms with van der Waals surface area (Å²) in [5.41, 5.74) is 1.13. The summed E-state index contributed by atoms with van der Waals surface area (Å²) in [5.74, 6) is 0.554. The molecule has 3 heteroatoms. The maximum atomic E-state index is 6.15. The van der Waals surface area contributed by atoms with Gasteiger partial charge in [-0.15, -0.1) is 0 Å². The molecule has 0 spiro atoms. The van der Waals surface area contributed by atoms with E-state index < -0.39 is 0 Å². The van der Waals surface area contributed by atoms with E-state index in [-0.39, 0.29) is 0 Å². The molecule has 1 nitrogen and oxygen atoms in total. The Morgan fingerprint density at radius 3 is 2.50 bits per heavy atom. The van der Waals surface area contributed by atoms with Gasteiger partial charge >= 0.3 is 0 Å². The molecule has 1 aromatic carbocycles. The Kier molecular flexibility index (Phi) is 5.60. The number of hydrogen-bond donors (Lipinski definition) is 1. The number of nitrogens with one attached hydrogen (secondary N) is 1. The highest BCUT2D eigenvalue weighted by molar-refractivity contribution is 6.42. The molecule has 0 aliphatic rings. The number of halogens is 2. The largest absolute Gasteiger partial charge is 0.314 e. The molecule has 1 N–H and O–H groups in total. The molecule has 0 bridgehead atoms. The number of benzene rings is 1. The molecule has 0 heterocycles. The summed E-state index contributed by atoms with van der Waals surface area (Å²) in [6.07, 6.45) is 0.957. The van der Waals surface area contributed by atoms with Gasteiger partial charge in [-0.3, -0.25) is 0 Å². The van der Waals surface area contributed by atoms with Gasteiger partial charge in [0.2, 0.25) is 0 Å². The molecule has 16 heavy (non-hydrogen) atoms. The summed E-state index contributed by atoms with van der Waals surface area (Å²) in [6.45, 7) is 7.52. The van der Waals surface area contributed by atoms with Crippen molar-refractivity contribution in [2.24, 2.45) is 5.92 Å². The first kappa shape index (κ1) is 13.8. The molecule has 1 unspecified atom stereocenters. The second-order valence-electron chi connectivity index (χ2n) is 4.59. The van der Waals surface area contributed by atoms with Gasteiger partial charge in [0, 0.05) is 6.04 Å². The van der Waals surface area contributed by atoms with Crippen molar-refractivity contribution in [2.45, 2.75) is 33.2 Å². The third-order valence-electron chi connectivity index (χ3n) is 2.47. The average Bonchev–Trinajstić information content (AvgIpc) is 2.22. The van der Waals surface area contributed by atoms with Crippen LogP contribution < -0.4 is 5.32 Å². The lowest BCUT2D eigenvalue weighted by Gasteiger charge is -2.15. The zero-order chi connectivity index (χ0) is 12.1. The summed E-state index contributed by atoms with van der Waals surface area (Å²) in [7, 11) is 0. The highest BCUT2D eigenvalue weighted by Gasteiger charge is 2.09. The van der Waals surface area contributed by atoms with Gasteiger partial charge in [0.25, 0.3) is 0 Å². The predicted molar refractivity (Wildman–Crippen MR) is 72.5 cm³/mol. The Bertz CT molecular complexity index is 337. The van der Waals surface area contributed by atoms with Crippen LogP contribution in [0.25, 0.3) is 0 Å². The zero-order valence-electron chi connectivity index (χ0n) is 10.1. The van der Waals surface area contributed by atoms with Crippen molar-refractivity contribution in [1.29, 1.82) is 0 Å². The van der Waals surface area contributed by atoms with Gasteiger partial charge in [0.15, 0.2) is 0 Å². The Morgan fingerprint density at radius 2 is 1.88 bits per heavy atom. The van der Waals surface area contributed by atoms with Gasteiger partial charge in [0.1, 0.15) is 0 Å². The molecule has 1 rings (SSSR count). The topological polar surface area (TPSA) is 12.0 Å². The molecule has 0 radical (unpaired) electrons. The first-order chi connectivity index (χ1) is 7.50. The summed E-state index contributed by atoms with van der Waals surface area (Å²) in [5, 5.41) is 4.76. The lowest BCUT2D eigenvalue weighted by atomic mass is 10.0. The van der Waals surface area contributed by atoms with Crippen molar-refractivity contribution in [1.82, 2.24) is 5.32 Å². The van der Waals surface area contributed by atoms with Crippen LogP contribution in [0.5, 0.6) is 0 Å². The Balaban J connectivity index is 2.56. The lowest BCUT2D eigenvalue weighted by molar-refractivity contribution is 0.476. The molecular weight excluding hydrogens is 241 g/mol. The Labute approximate surface area is 108 Å². The van der Waals surface area contributed by atoms with Crippen molar-refractivity contribution in [2.75, 3.05) is 6.54 Å². The average molecular weight is 260 g/mol. The monoisotopic (exact) mass is 259 g/mol. The van der Waals surface area contributed by atoms with E-state index in [0.717, 1.165) is 18.5 Å². The standard InChI is InChI=1S/C13H19Cl2N/c1-9(2)16-8-10(3)7-11-5-4-6-12(14)13(11)15/h4-6,9-10,16H,7-8H2,1-3H3. The highest BCUT2D eigenvalue weighted by Crippen LogP contribution is 2.27. The van der Waals surface area contributed by atoms with Crippen molar-refractivity contribution in [3.05, 3.63) is 33.8 Å². The molecule has 0 saturated carbocycles. The van der Waals surface area contributed by atoms with Crippen LogP contribution in [0.4, 0.5) is 0 Å². The minimum absolute atomic E-state index is 0.525. The molecule has 0 fully saturated rings. The smallest absolute Gasteiger partial charge is 0.0624 e. The van der Waals surface area contributed by atoms with Crippen LogP contribution in [0.15, 0.2) is 18.2 Å². The van der Waals surface area contributed by atoms with E-state index in [2.05, 4.69) is 26.1 Å². The molecule has 0 amide bonds. The van der Waals surface area contributed by atoms with Crippen LogP contribution in [0, 0.1) is 5.92 Å². The van der Waals surface area contributed by atoms with Crippen LogP contribution in [-0.4, -0.2) is 12.6 Å². The van der Waals surface area contributed by atoms with Crippen molar-refractivity contribution in [3.8, 4) is 0 Å². The van der Waals surface area contributed by atoms with Crippen LogP contribution >= 0.6 is 23.2 Å². The van der Waals surface area contributed by atoms with Crippen molar-refractivity contribution >= 4 is 23.2 Å². The second kappa shape index (κ2) is 6.48. The van der Waals surface area contributed by atoms with Gasteiger partial charge < -0.3 is 5.32 Å². The van der Waals surface area contributed by atoms with Crippen LogP contribution in [0.1, 0.15) is 26.3 Å². The van der Waals surface area contributed by atoms with Gasteiger partial charge in [-0.05, 0) is 30.5 Å². The fourth-order valence-electron chi connectivity index (χ4n) is 1.59. The van der Waals surface area contributed by atoms with Gasteiger partial charge in [0.05, 0.1) is 10.0 Å². The molecule has 1 atom stereocenters. The third kappa shape index (κ3) is 4.32. The zero-order valence-corrected chi connectivity index (χ0v) is 11.6. The minimum Gasteiger partial charge on any atom is -0.314 e. The molecule has 0 aliphatic carbocycles. The Hall–Kier alpha value is -0.240. The van der Waals surface area contributed by atoms with E-state index in [9.17, 15) is 0 Å². The van der Waals surface area contributed by atoms with Gasteiger partial charge in [-0.25, -0.2) is 0 Å². The summed E-state index contributed by atoms with van der Waals surface area (Å²) < 4.78 is 0. The third-order valence-corrected chi connectivity index (χ3v) is 3.33. The molecule has 1 aromatic rings. The first-order valence-corrected chi connectivity index (χ1v) is 6.42. The quantitative estimate of drug-likeness (QED) is 0.837. The predicted octanol–water partition coefficient (Wildman–Crippen LogP) is 4.17. The van der Waals surface area contributed by atoms with Gasteiger partial charge in [-0.2, -0.15) is 0 Å². The highest BCUT2D eigenvalue weighted by atomic mass is 35.5. The minimum atomic E-state index is 0.525. The van der Waals surface area contributed by atoms with E-state index in [1.54, 1.807) is 0 Å². The van der Waals surface area contributed by atoms with E-state index in [0.29, 0.717) is 22.0 Å². The molecule has 0 aliphatic heterocycles. The maximum Gasteiger partial charge on any atom is 0.0624 e. The van der Waals surface area contributed by atoms with Crippen molar-refractivity contribution in [3.63, 3.8) is 0 Å². The maximum absolute atomic E-state index is 6.15. The fourth-order valence-corrected chi connectivity index (χ4v) is 1.99. The number of hydrogen-bond acceptors (Lipinski definition) is 1. The number of rotatable bonds is 5. The molecular formula is C13H19Cl2N. The van der Waals surface area contributed by atoms with Crippen LogP contribution in [0.3, 0.4) is 0 Å². The second-order valence-corrected chi connectivity index (χ2v) is 5.37. The summed E-state index contributed by atoms with van der Waals surface area (Å²) in [6, 6.07) is 6.34. The summed E-state index contributed by atoms with van der Waals surface area (Å²) in [4.78, 5) is 0. The lowest BCUT2D eigenvalue weighted by Crippen LogP contribution is -2.28. The van der Waals surface area contributed by atoms with E-state index in [4.69, 9.17) is 23.2 Å². The van der Waals surface area contributed by atoms with E-state index in [1.165, 1.54) is 0 Å². The molecule has 0 saturated heterocycles. The van der Waals surface area contributed by atoms with E-state index >= 15 is 0 Å². The van der Waals surface area contributed by atoms with Crippen LogP contribution in [-0.2, 0) is 6.42 Å². The Morgan fingerprint density at radius 1 is 1.19 bits per heavy atom. The SMILES string of the molecule is CC(CNC(C)C)Cc1cccc(Cl)c1Cl. The van der Waals surface area contributed by atoms with Crippen molar-refractivity contribution < 1.29 is 0 Å². The van der Waals surface area contributed by atoms with Crippen LogP contribution in [0.2, 0.25) is 10.0 Å². The molecule has 90 valence electrons. The van der Waals surface area contributed by atoms with Gasteiger partial charge in [-0.1, -0.05) is 56.1 Å². The first-order valence-electron chi connectivity index (χ1n) is 5.67.